The largest absolute Gasteiger partial charge is 0.494 e. The molecule has 6 heteroatoms. The van der Waals surface area contributed by atoms with E-state index in [9.17, 15) is 9.59 Å². The van der Waals surface area contributed by atoms with Crippen LogP contribution in [0.5, 0.6) is 5.75 Å². The van der Waals surface area contributed by atoms with Crippen LogP contribution in [-0.4, -0.2) is 30.7 Å². The van der Waals surface area contributed by atoms with Crippen molar-refractivity contribution in [2.75, 3.05) is 13.2 Å². The highest BCUT2D eigenvalue weighted by Gasteiger charge is 2.59. The summed E-state index contributed by atoms with van der Waals surface area (Å²) in [6.07, 6.45) is 3.30. The molecule has 27 heavy (non-hydrogen) atoms. The van der Waals surface area contributed by atoms with Crippen LogP contribution in [0.4, 0.5) is 0 Å². The van der Waals surface area contributed by atoms with Crippen LogP contribution in [0.2, 0.25) is 0 Å². The second kappa shape index (κ2) is 7.33. The van der Waals surface area contributed by atoms with Gasteiger partial charge in [0.1, 0.15) is 5.75 Å². The normalized spacial score (nSPS) is 26.8. The molecule has 2 fully saturated rings. The minimum atomic E-state index is -0.314. The van der Waals surface area contributed by atoms with E-state index in [4.69, 9.17) is 4.74 Å². The Morgan fingerprint density at radius 3 is 2.48 bits per heavy atom. The van der Waals surface area contributed by atoms with Gasteiger partial charge in [-0.3, -0.25) is 9.59 Å². The van der Waals surface area contributed by atoms with Gasteiger partial charge in [-0.25, -0.2) is 5.43 Å². The lowest BCUT2D eigenvalue weighted by atomic mass is 9.70. The summed E-state index contributed by atoms with van der Waals surface area (Å²) >= 11 is 0. The molecule has 2 N–H and O–H groups in total. The quantitative estimate of drug-likeness (QED) is 0.754. The molecule has 2 aliphatic rings. The summed E-state index contributed by atoms with van der Waals surface area (Å²) in [6.45, 7) is 9.22. The van der Waals surface area contributed by atoms with Gasteiger partial charge in [0.2, 0.25) is 0 Å². The highest BCUT2D eigenvalue weighted by atomic mass is 16.5. The van der Waals surface area contributed by atoms with Crippen LogP contribution >= 0.6 is 0 Å². The highest BCUT2D eigenvalue weighted by Crippen LogP contribution is 2.63. The number of nitrogens with zero attached hydrogens (tertiary/aromatic N) is 1. The molecule has 2 saturated carbocycles. The van der Waals surface area contributed by atoms with Crippen molar-refractivity contribution in [2.45, 2.75) is 47.0 Å². The first-order valence-electron chi connectivity index (χ1n) is 9.65. The Morgan fingerprint density at radius 1 is 1.22 bits per heavy atom. The molecule has 2 aliphatic carbocycles. The van der Waals surface area contributed by atoms with E-state index >= 15 is 0 Å². The zero-order chi connectivity index (χ0) is 19.7. The predicted octanol–water partition coefficient (Wildman–Crippen LogP) is 3.13. The Kier molecular flexibility index (Phi) is 5.27. The van der Waals surface area contributed by atoms with Crippen LogP contribution < -0.4 is 15.5 Å². The van der Waals surface area contributed by atoms with Gasteiger partial charge in [0.25, 0.3) is 11.8 Å². The molecule has 6 nitrogen and oxygen atoms in total. The zero-order valence-electron chi connectivity index (χ0n) is 16.6. The lowest BCUT2D eigenvalue weighted by molar-refractivity contribution is -0.120. The van der Waals surface area contributed by atoms with Crippen LogP contribution in [0.1, 0.15) is 57.3 Å². The van der Waals surface area contributed by atoms with Crippen LogP contribution in [0.15, 0.2) is 29.4 Å². The Labute approximate surface area is 160 Å². The number of rotatable bonds is 6. The second-order valence-corrected chi connectivity index (χ2v) is 8.23. The van der Waals surface area contributed by atoms with Crippen LogP contribution in [0.3, 0.4) is 0 Å². The molecule has 0 unspecified atom stereocenters. The monoisotopic (exact) mass is 371 g/mol. The lowest BCUT2D eigenvalue weighted by Gasteiger charge is -2.34. The number of hydrogen-bond donors (Lipinski definition) is 2. The van der Waals surface area contributed by atoms with Crippen LogP contribution in [0.25, 0.3) is 0 Å². The summed E-state index contributed by atoms with van der Waals surface area (Å²) < 4.78 is 5.35. The van der Waals surface area contributed by atoms with Crippen molar-refractivity contribution in [1.29, 1.82) is 0 Å². The molecule has 0 radical (unpaired) electrons. The molecular weight excluding hydrogens is 342 g/mol. The van der Waals surface area contributed by atoms with Crippen molar-refractivity contribution < 1.29 is 14.3 Å². The molecule has 2 bridgehead atoms. The van der Waals surface area contributed by atoms with Gasteiger partial charge in [0, 0.05) is 16.7 Å². The maximum absolute atomic E-state index is 12.2. The first kappa shape index (κ1) is 19.4. The third-order valence-corrected chi connectivity index (χ3v) is 6.66. The molecule has 0 saturated heterocycles. The van der Waals surface area contributed by atoms with E-state index in [1.165, 1.54) is 6.42 Å². The minimum absolute atomic E-state index is 0.0521. The summed E-state index contributed by atoms with van der Waals surface area (Å²) in [5.41, 5.74) is 4.46. The van der Waals surface area contributed by atoms with E-state index in [-0.39, 0.29) is 29.2 Å². The second-order valence-electron chi connectivity index (χ2n) is 8.23. The summed E-state index contributed by atoms with van der Waals surface area (Å²) in [5.74, 6) is 0.738. The van der Waals surface area contributed by atoms with Crippen molar-refractivity contribution in [1.82, 2.24) is 10.7 Å². The minimum Gasteiger partial charge on any atom is -0.494 e. The van der Waals surface area contributed by atoms with E-state index in [0.717, 1.165) is 18.6 Å². The summed E-state index contributed by atoms with van der Waals surface area (Å²) in [4.78, 5) is 24.2. The number of carbonyl (C=O) groups excluding carboxylic acids is 2. The van der Waals surface area contributed by atoms with Gasteiger partial charge in [0.15, 0.2) is 0 Å². The SMILES string of the molecule is CCOc1ccc(C(=O)NCC(=O)N/N=C2/C[C@H]3CC[C@]2(C)C3(C)C)cc1. The van der Waals surface area contributed by atoms with Crippen molar-refractivity contribution in [3.63, 3.8) is 0 Å². The highest BCUT2D eigenvalue weighted by molar-refractivity contribution is 5.97. The van der Waals surface area contributed by atoms with Crippen molar-refractivity contribution in [2.24, 2.45) is 21.8 Å². The fourth-order valence-corrected chi connectivity index (χ4v) is 4.40. The average Bonchev–Trinajstić information content (AvgIpc) is 2.98. The number of amides is 2. The number of hydrogen-bond acceptors (Lipinski definition) is 4. The Hall–Kier alpha value is -2.37. The summed E-state index contributed by atoms with van der Waals surface area (Å²) in [6, 6.07) is 6.83. The number of carbonyl (C=O) groups is 2. The first-order valence-corrected chi connectivity index (χ1v) is 9.65. The van der Waals surface area contributed by atoms with Gasteiger partial charge in [-0.2, -0.15) is 5.10 Å². The van der Waals surface area contributed by atoms with Gasteiger partial charge < -0.3 is 10.1 Å². The summed E-state index contributed by atoms with van der Waals surface area (Å²) in [5, 5.41) is 7.03. The van der Waals surface area contributed by atoms with Crippen LogP contribution in [-0.2, 0) is 4.79 Å². The molecule has 146 valence electrons. The molecule has 2 amide bonds. The molecule has 0 heterocycles. The third kappa shape index (κ3) is 3.57. The van der Waals surface area contributed by atoms with E-state index in [2.05, 4.69) is 36.6 Å². The first-order chi connectivity index (χ1) is 12.8. The van der Waals surface area contributed by atoms with Crippen LogP contribution in [0, 0.1) is 16.7 Å². The molecule has 1 aromatic rings. The van der Waals surface area contributed by atoms with Crippen molar-refractivity contribution in [3.05, 3.63) is 29.8 Å². The number of benzene rings is 1. The topological polar surface area (TPSA) is 79.8 Å². The Bertz CT molecular complexity index is 754. The molecule has 3 rings (SSSR count). The van der Waals surface area contributed by atoms with E-state index in [1.54, 1.807) is 24.3 Å². The number of fused-ring (bicyclic) bond motifs is 2. The van der Waals surface area contributed by atoms with E-state index in [1.807, 2.05) is 6.92 Å². The van der Waals surface area contributed by atoms with Gasteiger partial charge in [0.05, 0.1) is 13.2 Å². The lowest BCUT2D eigenvalue weighted by Crippen LogP contribution is -2.37. The summed E-state index contributed by atoms with van der Waals surface area (Å²) in [7, 11) is 0. The number of nitrogens with one attached hydrogen (secondary N) is 2. The number of hydrazone groups is 1. The van der Waals surface area contributed by atoms with Gasteiger partial charge >= 0.3 is 0 Å². The molecule has 2 atom stereocenters. The molecule has 0 aliphatic heterocycles. The number of ether oxygens (including phenoxy) is 1. The van der Waals surface area contributed by atoms with Gasteiger partial charge in [-0.15, -0.1) is 0 Å². The maximum Gasteiger partial charge on any atom is 0.259 e. The smallest absolute Gasteiger partial charge is 0.259 e. The fraction of sp³-hybridized carbons (Fsp3) is 0.571. The van der Waals surface area contributed by atoms with Crippen molar-refractivity contribution >= 4 is 17.5 Å². The predicted molar refractivity (Wildman–Crippen MR) is 105 cm³/mol. The Balaban J connectivity index is 1.51. The average molecular weight is 371 g/mol. The molecule has 1 aromatic carbocycles. The zero-order valence-corrected chi connectivity index (χ0v) is 16.6. The van der Waals surface area contributed by atoms with Gasteiger partial charge in [-0.1, -0.05) is 20.8 Å². The third-order valence-electron chi connectivity index (χ3n) is 6.66. The van der Waals surface area contributed by atoms with E-state index < -0.39 is 0 Å². The fourth-order valence-electron chi connectivity index (χ4n) is 4.40. The molecule has 0 spiro atoms. The van der Waals surface area contributed by atoms with E-state index in [0.29, 0.717) is 23.8 Å². The van der Waals surface area contributed by atoms with Crippen molar-refractivity contribution in [3.8, 4) is 5.75 Å². The van der Waals surface area contributed by atoms with Gasteiger partial charge in [-0.05, 0) is 61.8 Å². The standard InChI is InChI=1S/C21H29N3O3/c1-5-27-16-8-6-14(7-9-16)19(26)22-13-18(25)24-23-17-12-15-10-11-21(17,4)20(15,2)3/h6-9,15H,5,10-13H2,1-4H3,(H,22,26)(H,24,25)/b23-17-/t15-,21+/m1/s1. The molecule has 0 aromatic heterocycles. The maximum atomic E-state index is 12.2. The molecular formula is C21H29N3O3. The Morgan fingerprint density at radius 2 is 1.93 bits per heavy atom.